The van der Waals surface area contributed by atoms with Crippen LogP contribution in [0.1, 0.15) is 29.4 Å². The normalized spacial score (nSPS) is 10.8. The zero-order valence-corrected chi connectivity index (χ0v) is 21.3. The molecule has 0 saturated heterocycles. The molecular formula is C23H27BrN4O3S. The Labute approximate surface area is 201 Å². The summed E-state index contributed by atoms with van der Waals surface area (Å²) >= 11 is 4.81. The minimum absolute atomic E-state index is 0.0923. The van der Waals surface area contributed by atoms with E-state index in [-0.39, 0.29) is 18.3 Å². The van der Waals surface area contributed by atoms with Gasteiger partial charge in [-0.25, -0.2) is 0 Å². The maximum Gasteiger partial charge on any atom is 0.234 e. The summed E-state index contributed by atoms with van der Waals surface area (Å²) in [4.78, 5) is 12.5. The summed E-state index contributed by atoms with van der Waals surface area (Å²) in [5.74, 6) is 2.17. The molecular weight excluding hydrogens is 492 g/mol. The van der Waals surface area contributed by atoms with E-state index in [1.807, 2.05) is 69.6 Å². The fraction of sp³-hybridized carbons (Fsp3) is 0.348. The molecule has 1 heterocycles. The maximum absolute atomic E-state index is 12.5. The Morgan fingerprint density at radius 1 is 1.09 bits per heavy atom. The summed E-state index contributed by atoms with van der Waals surface area (Å²) in [5, 5.41) is 12.1. The Balaban J connectivity index is 1.59. The average Bonchev–Trinajstić information content (AvgIpc) is 3.08. The van der Waals surface area contributed by atoms with Gasteiger partial charge in [0.25, 0.3) is 0 Å². The van der Waals surface area contributed by atoms with Gasteiger partial charge in [-0.2, -0.15) is 0 Å². The van der Waals surface area contributed by atoms with Gasteiger partial charge in [0.2, 0.25) is 5.91 Å². The van der Waals surface area contributed by atoms with Crippen LogP contribution in [-0.4, -0.2) is 33.0 Å². The number of ether oxygens (including phenoxy) is 2. The van der Waals surface area contributed by atoms with Crippen molar-refractivity contribution in [1.29, 1.82) is 0 Å². The van der Waals surface area contributed by atoms with Crippen molar-refractivity contribution in [1.82, 2.24) is 14.8 Å². The van der Waals surface area contributed by atoms with Crippen molar-refractivity contribution in [2.24, 2.45) is 7.05 Å². The molecule has 0 bridgehead atoms. The number of nitrogens with one attached hydrogen (secondary N) is 1. The number of benzene rings is 2. The SMILES string of the molecule is CCOc1cc(C)ccc1OCc1nnc(SCC(=O)Nc2c(C)cc(Br)cc2C)n1C. The molecule has 170 valence electrons. The van der Waals surface area contributed by atoms with Crippen LogP contribution in [0.4, 0.5) is 5.69 Å². The molecule has 0 spiro atoms. The van der Waals surface area contributed by atoms with Gasteiger partial charge in [-0.3, -0.25) is 4.79 Å². The predicted molar refractivity (Wildman–Crippen MR) is 131 cm³/mol. The molecule has 0 aliphatic carbocycles. The quantitative estimate of drug-likeness (QED) is 0.391. The highest BCUT2D eigenvalue weighted by Crippen LogP contribution is 2.29. The van der Waals surface area contributed by atoms with Crippen LogP contribution in [0.3, 0.4) is 0 Å². The molecule has 0 aliphatic rings. The molecule has 1 aromatic heterocycles. The molecule has 2 aromatic carbocycles. The van der Waals surface area contributed by atoms with Crippen LogP contribution in [0.15, 0.2) is 40.0 Å². The van der Waals surface area contributed by atoms with Crippen molar-refractivity contribution in [3.63, 3.8) is 0 Å². The number of carbonyl (C=O) groups excluding carboxylic acids is 1. The van der Waals surface area contributed by atoms with E-state index in [0.717, 1.165) is 26.9 Å². The second kappa shape index (κ2) is 10.9. The predicted octanol–water partition coefficient (Wildman–Crippen LogP) is 5.21. The number of halogens is 1. The van der Waals surface area contributed by atoms with Crippen LogP contribution >= 0.6 is 27.7 Å². The van der Waals surface area contributed by atoms with E-state index in [2.05, 4.69) is 31.4 Å². The first-order chi connectivity index (χ1) is 15.3. The lowest BCUT2D eigenvalue weighted by Crippen LogP contribution is -2.16. The number of anilines is 1. The highest BCUT2D eigenvalue weighted by molar-refractivity contribution is 9.10. The van der Waals surface area contributed by atoms with Crippen molar-refractivity contribution in [2.45, 2.75) is 39.5 Å². The van der Waals surface area contributed by atoms with Gasteiger partial charge in [0.15, 0.2) is 22.5 Å². The second-order valence-electron chi connectivity index (χ2n) is 7.38. The minimum atomic E-state index is -0.0923. The number of aryl methyl sites for hydroxylation is 3. The maximum atomic E-state index is 12.5. The van der Waals surface area contributed by atoms with Gasteiger partial charge < -0.3 is 19.4 Å². The minimum Gasteiger partial charge on any atom is -0.490 e. The van der Waals surface area contributed by atoms with E-state index in [1.165, 1.54) is 11.8 Å². The number of carbonyl (C=O) groups is 1. The molecule has 0 aliphatic heterocycles. The Bertz CT molecular complexity index is 1090. The van der Waals surface area contributed by atoms with E-state index >= 15 is 0 Å². The van der Waals surface area contributed by atoms with Crippen LogP contribution in [0.5, 0.6) is 11.5 Å². The van der Waals surface area contributed by atoms with E-state index in [4.69, 9.17) is 9.47 Å². The first-order valence-electron chi connectivity index (χ1n) is 10.2. The monoisotopic (exact) mass is 518 g/mol. The fourth-order valence-electron chi connectivity index (χ4n) is 3.16. The van der Waals surface area contributed by atoms with E-state index < -0.39 is 0 Å². The topological polar surface area (TPSA) is 78.3 Å². The van der Waals surface area contributed by atoms with Crippen molar-refractivity contribution >= 4 is 39.3 Å². The third kappa shape index (κ3) is 6.04. The lowest BCUT2D eigenvalue weighted by molar-refractivity contribution is -0.113. The van der Waals surface area contributed by atoms with Gasteiger partial charge in [0.1, 0.15) is 6.61 Å². The molecule has 3 aromatic rings. The number of hydrogen-bond acceptors (Lipinski definition) is 6. The Morgan fingerprint density at radius 2 is 1.81 bits per heavy atom. The molecule has 9 heteroatoms. The summed E-state index contributed by atoms with van der Waals surface area (Å²) in [6.45, 7) is 8.70. The molecule has 0 atom stereocenters. The van der Waals surface area contributed by atoms with Crippen LogP contribution in [0, 0.1) is 20.8 Å². The van der Waals surface area contributed by atoms with E-state index in [0.29, 0.717) is 29.1 Å². The average molecular weight is 519 g/mol. The number of amides is 1. The summed E-state index contributed by atoms with van der Waals surface area (Å²) in [6, 6.07) is 9.78. The van der Waals surface area contributed by atoms with Crippen molar-refractivity contribution < 1.29 is 14.3 Å². The molecule has 1 amide bonds. The van der Waals surface area contributed by atoms with E-state index in [9.17, 15) is 4.79 Å². The highest BCUT2D eigenvalue weighted by atomic mass is 79.9. The van der Waals surface area contributed by atoms with Gasteiger partial charge in [-0.1, -0.05) is 33.8 Å². The van der Waals surface area contributed by atoms with Crippen LogP contribution in [0.2, 0.25) is 0 Å². The standard InChI is InChI=1S/C23H27BrN4O3S/c1-6-30-19-9-14(2)7-8-18(19)31-12-20-26-27-23(28(20)5)32-13-21(29)25-22-15(3)10-17(24)11-16(22)4/h7-11H,6,12-13H2,1-5H3,(H,25,29). The number of rotatable bonds is 9. The van der Waals surface area contributed by atoms with Crippen molar-refractivity contribution in [3.05, 3.63) is 57.3 Å². The molecule has 32 heavy (non-hydrogen) atoms. The number of nitrogens with zero attached hydrogens (tertiary/aromatic N) is 3. The number of thioether (sulfide) groups is 1. The van der Waals surface area contributed by atoms with Crippen molar-refractivity contribution in [3.8, 4) is 11.5 Å². The number of aromatic nitrogens is 3. The molecule has 0 radical (unpaired) electrons. The van der Waals surface area contributed by atoms with Crippen molar-refractivity contribution in [2.75, 3.05) is 17.7 Å². The zero-order chi connectivity index (χ0) is 23.3. The molecule has 0 saturated carbocycles. The molecule has 0 unspecified atom stereocenters. The van der Waals surface area contributed by atoms with E-state index in [1.54, 1.807) is 0 Å². The van der Waals surface area contributed by atoms with Gasteiger partial charge in [-0.05, 0) is 68.7 Å². The Hall–Kier alpha value is -2.52. The molecule has 3 rings (SSSR count). The van der Waals surface area contributed by atoms with Crippen LogP contribution in [-0.2, 0) is 18.4 Å². The summed E-state index contributed by atoms with van der Waals surface area (Å²) in [5.41, 5.74) is 3.96. The molecule has 0 fully saturated rings. The first-order valence-corrected chi connectivity index (χ1v) is 12.0. The smallest absolute Gasteiger partial charge is 0.234 e. The summed E-state index contributed by atoms with van der Waals surface area (Å²) in [6.07, 6.45) is 0. The van der Waals surface area contributed by atoms with Crippen LogP contribution < -0.4 is 14.8 Å². The molecule has 1 N–H and O–H groups in total. The lowest BCUT2D eigenvalue weighted by atomic mass is 10.1. The fourth-order valence-corrected chi connectivity index (χ4v) is 4.57. The van der Waals surface area contributed by atoms with Gasteiger partial charge in [0.05, 0.1) is 12.4 Å². The Kier molecular flexibility index (Phi) is 8.20. The van der Waals surface area contributed by atoms with Gasteiger partial charge in [-0.15, -0.1) is 10.2 Å². The van der Waals surface area contributed by atoms with Crippen LogP contribution in [0.25, 0.3) is 0 Å². The number of hydrogen-bond donors (Lipinski definition) is 1. The highest BCUT2D eigenvalue weighted by Gasteiger charge is 2.15. The second-order valence-corrected chi connectivity index (χ2v) is 9.24. The van der Waals surface area contributed by atoms with Gasteiger partial charge >= 0.3 is 0 Å². The third-order valence-corrected chi connectivity index (χ3v) is 6.25. The molecule has 7 nitrogen and oxygen atoms in total. The third-order valence-electron chi connectivity index (χ3n) is 4.78. The largest absolute Gasteiger partial charge is 0.490 e. The lowest BCUT2D eigenvalue weighted by Gasteiger charge is -2.13. The summed E-state index contributed by atoms with van der Waals surface area (Å²) in [7, 11) is 1.86. The summed E-state index contributed by atoms with van der Waals surface area (Å²) < 4.78 is 14.4. The first kappa shape index (κ1) is 24.1. The van der Waals surface area contributed by atoms with Gasteiger partial charge in [0, 0.05) is 17.2 Å². The Morgan fingerprint density at radius 3 is 2.50 bits per heavy atom. The zero-order valence-electron chi connectivity index (χ0n) is 18.9.